The molecule has 11 aromatic carbocycles. The van der Waals surface area contributed by atoms with Gasteiger partial charge in [0, 0.05) is 42.9 Å². The third kappa shape index (κ3) is 5.52. The summed E-state index contributed by atoms with van der Waals surface area (Å²) in [5.74, 6) is 0. The van der Waals surface area contributed by atoms with Crippen LogP contribution in [0.25, 0.3) is 42.4 Å². The van der Waals surface area contributed by atoms with Gasteiger partial charge in [-0.3, -0.25) is 0 Å². The van der Waals surface area contributed by atoms with E-state index in [9.17, 15) is 0 Å². The van der Waals surface area contributed by atoms with Gasteiger partial charge < -0.3 is 9.80 Å². The zero-order valence-electron chi connectivity index (χ0n) is 38.7. The highest BCUT2D eigenvalue weighted by Crippen LogP contribution is 2.64. The predicted octanol–water partition coefficient (Wildman–Crippen LogP) is 18.0. The molecule has 0 fully saturated rings. The highest BCUT2D eigenvalue weighted by molar-refractivity contribution is 7.25. The quantitative estimate of drug-likeness (QED) is 0.164. The Labute approximate surface area is 417 Å². The van der Waals surface area contributed by atoms with Crippen molar-refractivity contribution in [2.75, 3.05) is 9.80 Å². The van der Waals surface area contributed by atoms with E-state index in [-0.39, 0.29) is 0 Å². The van der Waals surface area contributed by atoms with E-state index in [0.29, 0.717) is 0 Å². The van der Waals surface area contributed by atoms with Crippen molar-refractivity contribution in [2.45, 2.75) is 10.8 Å². The molecule has 0 radical (unpaired) electrons. The van der Waals surface area contributed by atoms with E-state index in [4.69, 9.17) is 0 Å². The lowest BCUT2D eigenvalue weighted by Crippen LogP contribution is -2.36. The molecule has 2 heterocycles. The van der Waals surface area contributed by atoms with E-state index in [1.807, 2.05) is 11.3 Å². The lowest BCUT2D eigenvalue weighted by Gasteiger charge is -2.45. The number of nitrogens with zero attached hydrogens (tertiary/aromatic N) is 2. The van der Waals surface area contributed by atoms with E-state index in [2.05, 4.69) is 277 Å². The number of rotatable bonds is 6. The van der Waals surface area contributed by atoms with Gasteiger partial charge in [0.1, 0.15) is 0 Å². The van der Waals surface area contributed by atoms with Crippen molar-refractivity contribution in [2.24, 2.45) is 0 Å². The minimum atomic E-state index is -0.602. The molecule has 71 heavy (non-hydrogen) atoms. The van der Waals surface area contributed by atoms with Crippen LogP contribution in [0.2, 0.25) is 0 Å². The van der Waals surface area contributed by atoms with Crippen LogP contribution in [0, 0.1) is 0 Å². The summed E-state index contributed by atoms with van der Waals surface area (Å²) in [5, 5.41) is 2.55. The van der Waals surface area contributed by atoms with E-state index >= 15 is 0 Å². The summed E-state index contributed by atoms with van der Waals surface area (Å²) in [5.41, 5.74) is 21.0. The van der Waals surface area contributed by atoms with Crippen molar-refractivity contribution in [1.29, 1.82) is 0 Å². The van der Waals surface area contributed by atoms with Crippen molar-refractivity contribution in [1.82, 2.24) is 0 Å². The van der Waals surface area contributed by atoms with Crippen molar-refractivity contribution in [3.8, 4) is 22.3 Å². The Bertz CT molecular complexity index is 3990. The molecule has 0 N–H and O–H groups in total. The second-order valence-electron chi connectivity index (χ2n) is 19.1. The number of hydrogen-bond acceptors (Lipinski definition) is 3. The van der Waals surface area contributed by atoms with Crippen LogP contribution < -0.4 is 9.80 Å². The lowest BCUT2D eigenvalue weighted by molar-refractivity contribution is 0.752. The Balaban J connectivity index is 1.02. The SMILES string of the molecule is c1ccc(N2c3ccccc3C3(c4ccccc4-c4ccc(N(c5ccc6c(c5)C(c5ccccc5)(c5ccccc5)c5ccccc5-6)c5ccc6sc7ccccc7c6c5)cc43)c3ccccc32)cc1. The number of benzene rings is 11. The topological polar surface area (TPSA) is 6.48 Å². The molecule has 0 saturated carbocycles. The Hall–Kier alpha value is -8.76. The minimum Gasteiger partial charge on any atom is -0.310 e. The number of fused-ring (bicyclic) bond motifs is 15. The highest BCUT2D eigenvalue weighted by Gasteiger charge is 2.52. The van der Waals surface area contributed by atoms with Crippen LogP contribution in [0.15, 0.2) is 267 Å². The lowest BCUT2D eigenvalue weighted by atomic mass is 9.64. The van der Waals surface area contributed by atoms with Gasteiger partial charge in [0.15, 0.2) is 0 Å². The second kappa shape index (κ2) is 15.4. The van der Waals surface area contributed by atoms with Crippen LogP contribution in [0.1, 0.15) is 44.5 Å². The first-order chi connectivity index (χ1) is 35.2. The summed E-state index contributed by atoms with van der Waals surface area (Å²) in [4.78, 5) is 4.99. The van der Waals surface area contributed by atoms with Gasteiger partial charge in [-0.25, -0.2) is 0 Å². The van der Waals surface area contributed by atoms with Gasteiger partial charge in [0.2, 0.25) is 0 Å². The van der Waals surface area contributed by atoms with Crippen LogP contribution in [-0.2, 0) is 10.8 Å². The largest absolute Gasteiger partial charge is 0.310 e. The maximum absolute atomic E-state index is 2.53. The van der Waals surface area contributed by atoms with Crippen LogP contribution in [0.3, 0.4) is 0 Å². The smallest absolute Gasteiger partial charge is 0.0755 e. The Morgan fingerprint density at radius 2 is 0.718 bits per heavy atom. The first-order valence-corrected chi connectivity index (χ1v) is 25.4. The van der Waals surface area contributed by atoms with Crippen molar-refractivity contribution < 1.29 is 0 Å². The van der Waals surface area contributed by atoms with Crippen LogP contribution >= 0.6 is 11.3 Å². The molecule has 2 nitrogen and oxygen atoms in total. The van der Waals surface area contributed by atoms with Gasteiger partial charge in [-0.05, 0) is 140 Å². The molecule has 0 saturated heterocycles. The monoisotopic (exact) mass is 920 g/mol. The van der Waals surface area contributed by atoms with Crippen molar-refractivity contribution in [3.63, 3.8) is 0 Å². The molecule has 3 heteroatoms. The molecule has 12 aromatic rings. The van der Waals surface area contributed by atoms with Gasteiger partial charge in [0.05, 0.1) is 22.2 Å². The minimum absolute atomic E-state index is 0.548. The molecule has 0 bridgehead atoms. The van der Waals surface area contributed by atoms with Gasteiger partial charge in [0.25, 0.3) is 0 Å². The number of anilines is 6. The molecule has 332 valence electrons. The average molecular weight is 921 g/mol. The van der Waals surface area contributed by atoms with Gasteiger partial charge in [-0.15, -0.1) is 11.3 Å². The van der Waals surface area contributed by atoms with Gasteiger partial charge in [-0.2, -0.15) is 0 Å². The van der Waals surface area contributed by atoms with E-state index < -0.39 is 10.8 Å². The summed E-state index contributed by atoms with van der Waals surface area (Å²) in [6.07, 6.45) is 0. The van der Waals surface area contributed by atoms with E-state index in [1.165, 1.54) is 98.3 Å². The maximum atomic E-state index is 2.53. The fourth-order valence-corrected chi connectivity index (χ4v) is 14.0. The average Bonchev–Trinajstić information content (AvgIpc) is 4.07. The molecule has 1 aliphatic heterocycles. The summed E-state index contributed by atoms with van der Waals surface area (Å²) in [6.45, 7) is 0. The van der Waals surface area contributed by atoms with Crippen molar-refractivity contribution in [3.05, 3.63) is 311 Å². The zero-order chi connectivity index (χ0) is 46.7. The summed E-state index contributed by atoms with van der Waals surface area (Å²) in [6, 6.07) is 100. The van der Waals surface area contributed by atoms with Crippen molar-refractivity contribution >= 4 is 65.6 Å². The molecule has 1 aromatic heterocycles. The number of hydrogen-bond donors (Lipinski definition) is 0. The number of para-hydroxylation sites is 3. The van der Waals surface area contributed by atoms with Gasteiger partial charge in [-0.1, -0.05) is 194 Å². The Morgan fingerprint density at radius 3 is 1.32 bits per heavy atom. The second-order valence-corrected chi connectivity index (χ2v) is 20.2. The molecule has 0 amide bonds. The Kier molecular flexibility index (Phi) is 8.69. The zero-order valence-corrected chi connectivity index (χ0v) is 39.5. The van der Waals surface area contributed by atoms with Crippen LogP contribution in [0.4, 0.5) is 34.1 Å². The molecule has 0 atom stereocenters. The Morgan fingerprint density at radius 1 is 0.296 bits per heavy atom. The summed E-state index contributed by atoms with van der Waals surface area (Å²) >= 11 is 1.86. The fraction of sp³-hybridized carbons (Fsp3) is 0.0294. The third-order valence-electron chi connectivity index (χ3n) is 15.7. The molecular formula is C68H44N2S. The van der Waals surface area contributed by atoms with Crippen LogP contribution in [0.5, 0.6) is 0 Å². The van der Waals surface area contributed by atoms with E-state index in [1.54, 1.807) is 0 Å². The predicted molar refractivity (Wildman–Crippen MR) is 297 cm³/mol. The first kappa shape index (κ1) is 40.2. The fourth-order valence-electron chi connectivity index (χ4n) is 13.0. The maximum Gasteiger partial charge on any atom is 0.0755 e. The number of thiophene rings is 1. The van der Waals surface area contributed by atoms with E-state index in [0.717, 1.165) is 22.7 Å². The highest BCUT2D eigenvalue weighted by atomic mass is 32.1. The molecule has 0 unspecified atom stereocenters. The van der Waals surface area contributed by atoms with Crippen LogP contribution in [-0.4, -0.2) is 0 Å². The van der Waals surface area contributed by atoms with Gasteiger partial charge >= 0.3 is 0 Å². The summed E-state index contributed by atoms with van der Waals surface area (Å²) in [7, 11) is 0. The molecule has 1 spiro atoms. The molecule has 3 aliphatic rings. The molecule has 15 rings (SSSR count). The molecule has 2 aliphatic carbocycles. The summed E-state index contributed by atoms with van der Waals surface area (Å²) < 4.78 is 2.58. The molecular weight excluding hydrogens is 877 g/mol. The normalized spacial score (nSPS) is 14.1. The standard InChI is InChI=1S/C68H44N2S/c1-4-20-45(21-5-1)67(46-22-6-2-7-23-46)57-29-13-10-26-51(57)53-39-36-49(43-61(53)67)69(48-38-41-66-56(42-48)55-28-12-19-35-65(55)71-66)50-37-40-54-52-27-11-14-30-58(52)68(62(54)44-50)59-31-15-17-33-63(59)70(47-24-8-3-9-25-47)64-34-18-16-32-60(64)68/h1-44H. The first-order valence-electron chi connectivity index (χ1n) is 24.6. The third-order valence-corrected chi connectivity index (χ3v) is 16.9.